The van der Waals surface area contributed by atoms with Crippen LogP contribution in [0.5, 0.6) is 0 Å². The molecule has 0 saturated carbocycles. The van der Waals surface area contributed by atoms with Gasteiger partial charge in [-0.15, -0.1) is 0 Å². The van der Waals surface area contributed by atoms with Crippen LogP contribution in [0, 0.1) is 12.7 Å². The molecule has 1 amide bonds. The van der Waals surface area contributed by atoms with Gasteiger partial charge in [0, 0.05) is 19.8 Å². The highest BCUT2D eigenvalue weighted by atomic mass is 19.1. The maximum Gasteiger partial charge on any atom is 0.282 e. The van der Waals surface area contributed by atoms with Crippen LogP contribution in [0.15, 0.2) is 83.5 Å². The summed E-state index contributed by atoms with van der Waals surface area (Å²) in [6.45, 7) is 1.95. The second kappa shape index (κ2) is 7.95. The number of aliphatic imine (C=N–C) groups is 1. The maximum absolute atomic E-state index is 14.6. The van der Waals surface area contributed by atoms with E-state index >= 15 is 0 Å². The number of rotatable bonds is 4. The molecule has 0 radical (unpaired) electrons. The molecule has 0 fully saturated rings. The van der Waals surface area contributed by atoms with Crippen LogP contribution in [0.25, 0.3) is 6.08 Å². The number of amides is 1. The third kappa shape index (κ3) is 3.74. The summed E-state index contributed by atoms with van der Waals surface area (Å²) in [5.41, 5.74) is 4.14. The molecule has 3 aromatic rings. The molecule has 0 bridgehead atoms. The Morgan fingerprint density at radius 2 is 1.70 bits per heavy atom. The number of aryl methyl sites for hydroxylation is 1. The topological polar surface area (TPSA) is 35.9 Å². The zero-order valence-corrected chi connectivity index (χ0v) is 17.1. The van der Waals surface area contributed by atoms with Gasteiger partial charge in [0.05, 0.1) is 11.3 Å². The quantitative estimate of drug-likeness (QED) is 0.577. The van der Waals surface area contributed by atoms with E-state index in [4.69, 9.17) is 0 Å². The molecule has 1 aliphatic rings. The summed E-state index contributed by atoms with van der Waals surface area (Å²) in [4.78, 5) is 21.3. The number of nitrogens with zero attached hydrogens (tertiary/aromatic N) is 3. The number of halogens is 1. The minimum absolute atomic E-state index is 0.271. The van der Waals surface area contributed by atoms with Crippen molar-refractivity contribution in [2.75, 3.05) is 23.9 Å². The van der Waals surface area contributed by atoms with Crippen molar-refractivity contribution in [2.45, 2.75) is 6.92 Å². The van der Waals surface area contributed by atoms with Gasteiger partial charge in [-0.1, -0.05) is 36.4 Å². The Morgan fingerprint density at radius 1 is 0.967 bits per heavy atom. The molecule has 0 atom stereocenters. The highest BCUT2D eigenvalue weighted by Crippen LogP contribution is 2.29. The number of hydrogen-bond donors (Lipinski definition) is 0. The summed E-state index contributed by atoms with van der Waals surface area (Å²) >= 11 is 0. The molecule has 0 saturated heterocycles. The van der Waals surface area contributed by atoms with Crippen molar-refractivity contribution in [3.63, 3.8) is 0 Å². The van der Waals surface area contributed by atoms with E-state index in [1.165, 1.54) is 11.0 Å². The second-order valence-electron chi connectivity index (χ2n) is 7.41. The molecule has 0 aromatic heterocycles. The third-order valence-electron chi connectivity index (χ3n) is 4.95. The molecule has 0 unspecified atom stereocenters. The van der Waals surface area contributed by atoms with Gasteiger partial charge in [-0.3, -0.25) is 9.69 Å². The Labute approximate surface area is 175 Å². The summed E-state index contributed by atoms with van der Waals surface area (Å²) in [5.74, 6) is -0.409. The molecule has 30 heavy (non-hydrogen) atoms. The van der Waals surface area contributed by atoms with Crippen LogP contribution < -0.4 is 9.80 Å². The zero-order valence-electron chi connectivity index (χ0n) is 17.1. The summed E-state index contributed by atoms with van der Waals surface area (Å²) in [5, 5.41) is 0. The molecule has 0 aliphatic carbocycles. The summed E-state index contributed by atoms with van der Waals surface area (Å²) in [6, 6.07) is 21.7. The van der Waals surface area contributed by atoms with Crippen LogP contribution in [0.1, 0.15) is 16.7 Å². The molecule has 1 heterocycles. The van der Waals surface area contributed by atoms with E-state index in [9.17, 15) is 9.18 Å². The molecule has 1 aliphatic heterocycles. The molecule has 5 heteroatoms. The van der Waals surface area contributed by atoms with Gasteiger partial charge in [0.25, 0.3) is 5.91 Å². The van der Waals surface area contributed by atoms with Gasteiger partial charge in [0.15, 0.2) is 5.84 Å². The first-order chi connectivity index (χ1) is 14.4. The third-order valence-corrected chi connectivity index (χ3v) is 4.95. The van der Waals surface area contributed by atoms with Crippen LogP contribution in [0.4, 0.5) is 15.8 Å². The highest BCUT2D eigenvalue weighted by molar-refractivity contribution is 6.33. The molecular formula is C25H22FN3O. The summed E-state index contributed by atoms with van der Waals surface area (Å²) < 4.78 is 14.6. The Hall–Kier alpha value is -3.73. The standard InChI is InChI=1S/C25H22FN3O/c1-17-7-6-8-20(15-17)29-24(21-9-4-5-10-22(21)26)27-23(25(29)30)16-18-11-13-19(14-12-18)28(2)3/h4-16H,1-3H3/b23-16+. The largest absolute Gasteiger partial charge is 0.378 e. The van der Waals surface area contributed by atoms with Gasteiger partial charge in [-0.05, 0) is 60.5 Å². The van der Waals surface area contributed by atoms with E-state index in [2.05, 4.69) is 4.99 Å². The number of amidine groups is 1. The van der Waals surface area contributed by atoms with E-state index in [1.807, 2.05) is 74.4 Å². The fourth-order valence-corrected chi connectivity index (χ4v) is 3.37. The summed E-state index contributed by atoms with van der Waals surface area (Å²) in [6.07, 6.45) is 1.73. The van der Waals surface area contributed by atoms with Crippen molar-refractivity contribution < 1.29 is 9.18 Å². The van der Waals surface area contributed by atoms with Crippen molar-refractivity contribution in [3.05, 3.63) is 101 Å². The molecule has 150 valence electrons. The number of carbonyl (C=O) groups excluding carboxylic acids is 1. The normalized spacial score (nSPS) is 14.9. The van der Waals surface area contributed by atoms with Gasteiger partial charge >= 0.3 is 0 Å². The summed E-state index contributed by atoms with van der Waals surface area (Å²) in [7, 11) is 3.94. The fraction of sp³-hybridized carbons (Fsp3) is 0.120. The average Bonchev–Trinajstić information content (AvgIpc) is 3.04. The fourth-order valence-electron chi connectivity index (χ4n) is 3.37. The van der Waals surface area contributed by atoms with Crippen molar-refractivity contribution in [1.29, 1.82) is 0 Å². The van der Waals surface area contributed by atoms with E-state index in [-0.39, 0.29) is 11.6 Å². The monoisotopic (exact) mass is 399 g/mol. The van der Waals surface area contributed by atoms with Crippen molar-refractivity contribution in [1.82, 2.24) is 0 Å². The predicted molar refractivity (Wildman–Crippen MR) is 120 cm³/mol. The van der Waals surface area contributed by atoms with Gasteiger partial charge in [-0.25, -0.2) is 9.38 Å². The van der Waals surface area contributed by atoms with E-state index in [1.54, 1.807) is 24.3 Å². The molecule has 4 nitrogen and oxygen atoms in total. The highest BCUT2D eigenvalue weighted by Gasteiger charge is 2.33. The minimum atomic E-state index is -0.418. The number of anilines is 2. The molecule has 0 spiro atoms. The first kappa shape index (κ1) is 19.6. The SMILES string of the molecule is Cc1cccc(N2C(=O)/C(=C\c3ccc(N(C)C)cc3)N=C2c2ccccc2F)c1. The predicted octanol–water partition coefficient (Wildman–Crippen LogP) is 5.03. The maximum atomic E-state index is 14.6. The van der Waals surface area contributed by atoms with E-state index in [0.717, 1.165) is 16.8 Å². The number of hydrogen-bond acceptors (Lipinski definition) is 3. The molecule has 0 N–H and O–H groups in total. The second-order valence-corrected chi connectivity index (χ2v) is 7.41. The van der Waals surface area contributed by atoms with Crippen LogP contribution in [-0.2, 0) is 4.79 Å². The van der Waals surface area contributed by atoms with Crippen LogP contribution >= 0.6 is 0 Å². The van der Waals surface area contributed by atoms with Gasteiger partial charge < -0.3 is 4.90 Å². The lowest BCUT2D eigenvalue weighted by atomic mass is 10.1. The minimum Gasteiger partial charge on any atom is -0.378 e. The van der Waals surface area contributed by atoms with Gasteiger partial charge in [0.1, 0.15) is 11.5 Å². The average molecular weight is 399 g/mol. The Kier molecular flexibility index (Phi) is 5.19. The Balaban J connectivity index is 1.81. The number of carbonyl (C=O) groups is 1. The van der Waals surface area contributed by atoms with Crippen LogP contribution in [-0.4, -0.2) is 25.8 Å². The lowest BCUT2D eigenvalue weighted by molar-refractivity contribution is -0.113. The molecule has 3 aromatic carbocycles. The van der Waals surface area contributed by atoms with Crippen molar-refractivity contribution >= 4 is 29.2 Å². The zero-order chi connectivity index (χ0) is 21.3. The van der Waals surface area contributed by atoms with Crippen molar-refractivity contribution in [2.24, 2.45) is 4.99 Å². The van der Waals surface area contributed by atoms with Gasteiger partial charge in [0.2, 0.25) is 0 Å². The smallest absolute Gasteiger partial charge is 0.282 e. The molecular weight excluding hydrogens is 377 g/mol. The first-order valence-electron chi connectivity index (χ1n) is 9.68. The first-order valence-corrected chi connectivity index (χ1v) is 9.68. The Bertz CT molecular complexity index is 1160. The van der Waals surface area contributed by atoms with Crippen molar-refractivity contribution in [3.8, 4) is 0 Å². The van der Waals surface area contributed by atoms with Crippen LogP contribution in [0.3, 0.4) is 0 Å². The van der Waals surface area contributed by atoms with E-state index < -0.39 is 5.82 Å². The Morgan fingerprint density at radius 3 is 2.37 bits per heavy atom. The van der Waals surface area contributed by atoms with E-state index in [0.29, 0.717) is 17.1 Å². The van der Waals surface area contributed by atoms with Crippen LogP contribution in [0.2, 0.25) is 0 Å². The lowest BCUT2D eigenvalue weighted by Crippen LogP contribution is -2.33. The molecule has 4 rings (SSSR count). The number of benzene rings is 3. The van der Waals surface area contributed by atoms with Gasteiger partial charge in [-0.2, -0.15) is 0 Å². The lowest BCUT2D eigenvalue weighted by Gasteiger charge is -2.19.